The van der Waals surface area contributed by atoms with E-state index in [1.165, 1.54) is 6.07 Å². The van der Waals surface area contributed by atoms with Gasteiger partial charge in [-0.2, -0.15) is 0 Å². The Balaban J connectivity index is 2.07. The quantitative estimate of drug-likeness (QED) is 0.884. The van der Waals surface area contributed by atoms with Crippen molar-refractivity contribution in [3.05, 3.63) is 35.1 Å². The van der Waals surface area contributed by atoms with Crippen molar-refractivity contribution in [2.75, 3.05) is 19.7 Å². The van der Waals surface area contributed by atoms with Crippen LogP contribution in [0.2, 0.25) is 0 Å². The summed E-state index contributed by atoms with van der Waals surface area (Å²) in [7, 11) is 0. The summed E-state index contributed by atoms with van der Waals surface area (Å²) in [6.45, 7) is 9.19. The minimum atomic E-state index is -0.173. The van der Waals surface area contributed by atoms with Gasteiger partial charge in [0.2, 0.25) is 0 Å². The molecule has 1 aliphatic rings. The number of hydrogen-bond acceptors (Lipinski definition) is 2. The Labute approximate surface area is 121 Å². The number of halogens is 1. The van der Waals surface area contributed by atoms with Crippen molar-refractivity contribution in [2.24, 2.45) is 11.8 Å². The lowest BCUT2D eigenvalue weighted by molar-refractivity contribution is -0.0283. The molecule has 1 aliphatic heterocycles. The van der Waals surface area contributed by atoms with Gasteiger partial charge >= 0.3 is 0 Å². The summed E-state index contributed by atoms with van der Waals surface area (Å²) >= 11 is 0. The molecule has 0 radical (unpaired) electrons. The second-order valence-electron chi connectivity index (χ2n) is 6.25. The molecule has 0 amide bonds. The zero-order valence-electron chi connectivity index (χ0n) is 12.8. The first-order valence-corrected chi connectivity index (χ1v) is 7.66. The maximum atomic E-state index is 13.5. The molecule has 3 heteroatoms. The molecule has 1 aromatic carbocycles. The van der Waals surface area contributed by atoms with Crippen molar-refractivity contribution < 1.29 is 9.13 Å². The maximum Gasteiger partial charge on any atom is 0.123 e. The predicted octanol–water partition coefficient (Wildman–Crippen LogP) is 3.85. The summed E-state index contributed by atoms with van der Waals surface area (Å²) in [6, 6.07) is 5.01. The average Bonchev–Trinajstić information content (AvgIpc) is 2.42. The summed E-state index contributed by atoms with van der Waals surface area (Å²) in [5, 5.41) is 3.51. The van der Waals surface area contributed by atoms with Crippen LogP contribution in [0.15, 0.2) is 18.2 Å². The molecule has 112 valence electrons. The number of benzene rings is 1. The van der Waals surface area contributed by atoms with E-state index < -0.39 is 0 Å². The van der Waals surface area contributed by atoms with E-state index in [1.54, 1.807) is 6.07 Å². The third kappa shape index (κ3) is 4.03. The molecule has 0 spiro atoms. The number of hydrogen-bond donors (Lipinski definition) is 1. The van der Waals surface area contributed by atoms with Crippen molar-refractivity contribution >= 4 is 0 Å². The molecule has 0 saturated carbocycles. The molecule has 2 atom stereocenters. The summed E-state index contributed by atoms with van der Waals surface area (Å²) in [5.74, 6) is 0.908. The second kappa shape index (κ2) is 7.19. The van der Waals surface area contributed by atoms with Crippen LogP contribution in [-0.4, -0.2) is 19.7 Å². The smallest absolute Gasteiger partial charge is 0.123 e. The highest BCUT2D eigenvalue weighted by Gasteiger charge is 2.28. The first-order chi connectivity index (χ1) is 9.58. The molecule has 1 heterocycles. The van der Waals surface area contributed by atoms with Gasteiger partial charge < -0.3 is 10.1 Å². The zero-order valence-corrected chi connectivity index (χ0v) is 12.8. The average molecular weight is 279 g/mol. The summed E-state index contributed by atoms with van der Waals surface area (Å²) in [6.07, 6.45) is 2.27. The lowest BCUT2D eigenvalue weighted by Crippen LogP contribution is -2.33. The third-order valence-electron chi connectivity index (χ3n) is 3.95. The number of rotatable bonds is 5. The normalized spacial score (nSPS) is 23.2. The van der Waals surface area contributed by atoms with Crippen LogP contribution in [0.25, 0.3) is 0 Å². The van der Waals surface area contributed by atoms with Gasteiger partial charge in [-0.15, -0.1) is 0 Å². The van der Waals surface area contributed by atoms with Gasteiger partial charge in [-0.1, -0.05) is 19.9 Å². The molecule has 1 saturated heterocycles. The molecule has 2 unspecified atom stereocenters. The lowest BCUT2D eigenvalue weighted by atomic mass is 9.87. The van der Waals surface area contributed by atoms with Gasteiger partial charge in [-0.3, -0.25) is 0 Å². The van der Waals surface area contributed by atoms with Crippen molar-refractivity contribution in [1.82, 2.24) is 5.32 Å². The van der Waals surface area contributed by atoms with E-state index in [1.807, 2.05) is 13.0 Å². The van der Waals surface area contributed by atoms with Crippen LogP contribution in [0.1, 0.15) is 43.9 Å². The van der Waals surface area contributed by atoms with Crippen molar-refractivity contribution in [3.8, 4) is 0 Å². The molecule has 0 bridgehead atoms. The Kier molecular flexibility index (Phi) is 5.55. The molecule has 1 aromatic rings. The fourth-order valence-corrected chi connectivity index (χ4v) is 2.87. The number of aryl methyl sites for hydroxylation is 1. The first kappa shape index (κ1) is 15.5. The first-order valence-electron chi connectivity index (χ1n) is 7.66. The molecule has 2 rings (SSSR count). The second-order valence-corrected chi connectivity index (χ2v) is 6.25. The summed E-state index contributed by atoms with van der Waals surface area (Å²) < 4.78 is 19.5. The largest absolute Gasteiger partial charge is 0.373 e. The molecular weight excluding hydrogens is 253 g/mol. The van der Waals surface area contributed by atoms with Crippen LogP contribution < -0.4 is 5.32 Å². The van der Waals surface area contributed by atoms with Crippen LogP contribution in [0.5, 0.6) is 0 Å². The van der Waals surface area contributed by atoms with Crippen molar-refractivity contribution in [3.63, 3.8) is 0 Å². The van der Waals surface area contributed by atoms with Gasteiger partial charge in [0.15, 0.2) is 0 Å². The van der Waals surface area contributed by atoms with Gasteiger partial charge in [0, 0.05) is 19.1 Å². The predicted molar refractivity (Wildman–Crippen MR) is 80.3 cm³/mol. The van der Waals surface area contributed by atoms with E-state index >= 15 is 0 Å². The molecule has 20 heavy (non-hydrogen) atoms. The van der Waals surface area contributed by atoms with Crippen LogP contribution in [0.4, 0.5) is 4.39 Å². The Bertz CT molecular complexity index is 433. The summed E-state index contributed by atoms with van der Waals surface area (Å²) in [5.41, 5.74) is 2.13. The fraction of sp³-hybridized carbons (Fsp3) is 0.647. The van der Waals surface area contributed by atoms with Gasteiger partial charge in [0.25, 0.3) is 0 Å². The highest BCUT2D eigenvalue weighted by Crippen LogP contribution is 2.35. The summed E-state index contributed by atoms with van der Waals surface area (Å²) in [4.78, 5) is 0. The third-order valence-corrected chi connectivity index (χ3v) is 3.95. The molecule has 1 fully saturated rings. The Morgan fingerprint density at radius 1 is 1.40 bits per heavy atom. The Morgan fingerprint density at radius 2 is 2.20 bits per heavy atom. The van der Waals surface area contributed by atoms with Crippen molar-refractivity contribution in [1.29, 1.82) is 0 Å². The van der Waals surface area contributed by atoms with E-state index in [4.69, 9.17) is 4.74 Å². The highest BCUT2D eigenvalue weighted by molar-refractivity contribution is 5.29. The minimum absolute atomic E-state index is 0.0270. The standard InChI is InChI=1S/C17H26FNO/c1-12(2)10-19-11-14-5-4-8-20-17(14)16-9-15(18)7-6-13(16)3/h6-7,9,12,14,17,19H,4-5,8,10-11H2,1-3H3. The highest BCUT2D eigenvalue weighted by atomic mass is 19.1. The zero-order chi connectivity index (χ0) is 14.5. The van der Waals surface area contributed by atoms with Gasteiger partial charge in [-0.25, -0.2) is 4.39 Å². The lowest BCUT2D eigenvalue weighted by Gasteiger charge is -2.33. The van der Waals surface area contributed by atoms with Crippen LogP contribution in [0.3, 0.4) is 0 Å². The van der Waals surface area contributed by atoms with Crippen LogP contribution in [-0.2, 0) is 4.74 Å². The van der Waals surface area contributed by atoms with E-state index in [-0.39, 0.29) is 11.9 Å². The molecular formula is C17H26FNO. The Morgan fingerprint density at radius 3 is 2.95 bits per heavy atom. The van der Waals surface area contributed by atoms with E-state index in [2.05, 4.69) is 19.2 Å². The molecule has 0 aliphatic carbocycles. The van der Waals surface area contributed by atoms with E-state index in [0.717, 1.165) is 43.7 Å². The van der Waals surface area contributed by atoms with Gasteiger partial charge in [-0.05, 0) is 55.5 Å². The van der Waals surface area contributed by atoms with Gasteiger partial charge in [0.1, 0.15) is 5.82 Å². The van der Waals surface area contributed by atoms with Gasteiger partial charge in [0.05, 0.1) is 6.10 Å². The maximum absolute atomic E-state index is 13.5. The molecule has 2 nitrogen and oxygen atoms in total. The van der Waals surface area contributed by atoms with Crippen LogP contribution >= 0.6 is 0 Å². The van der Waals surface area contributed by atoms with Crippen molar-refractivity contribution in [2.45, 2.75) is 39.7 Å². The number of nitrogens with one attached hydrogen (secondary N) is 1. The van der Waals surface area contributed by atoms with E-state index in [0.29, 0.717) is 11.8 Å². The fourth-order valence-electron chi connectivity index (χ4n) is 2.87. The number of ether oxygens (including phenoxy) is 1. The SMILES string of the molecule is Cc1ccc(F)cc1C1OCCCC1CNCC(C)C. The monoisotopic (exact) mass is 279 g/mol. The van der Waals surface area contributed by atoms with Crippen LogP contribution in [0, 0.1) is 24.6 Å². The molecule has 0 aromatic heterocycles. The minimum Gasteiger partial charge on any atom is -0.373 e. The molecule has 1 N–H and O–H groups in total. The Hall–Kier alpha value is -0.930. The topological polar surface area (TPSA) is 21.3 Å². The van der Waals surface area contributed by atoms with E-state index in [9.17, 15) is 4.39 Å².